The van der Waals surface area contributed by atoms with E-state index in [1.54, 1.807) is 6.20 Å². The first kappa shape index (κ1) is 17.1. The van der Waals surface area contributed by atoms with Gasteiger partial charge in [-0.15, -0.1) is 0 Å². The Balaban J connectivity index is 2.21. The van der Waals surface area contributed by atoms with E-state index >= 15 is 0 Å². The monoisotopic (exact) mass is 494 g/mol. The number of rotatable bonds is 2. The summed E-state index contributed by atoms with van der Waals surface area (Å²) in [6.07, 6.45) is 5.07. The largest absolute Gasteiger partial charge is 0.467 e. The van der Waals surface area contributed by atoms with Gasteiger partial charge >= 0.3 is 6.01 Å². The van der Waals surface area contributed by atoms with Crippen LogP contribution in [-0.4, -0.2) is 38.6 Å². The summed E-state index contributed by atoms with van der Waals surface area (Å²) in [5.74, 6) is 0.208. The normalized spacial score (nSPS) is 22.2. The van der Waals surface area contributed by atoms with Crippen molar-refractivity contribution in [1.29, 1.82) is 0 Å². The summed E-state index contributed by atoms with van der Waals surface area (Å²) in [7, 11) is 1.49. The molecule has 1 unspecified atom stereocenters. The van der Waals surface area contributed by atoms with Crippen molar-refractivity contribution in [3.8, 4) is 6.01 Å². The molecule has 2 aromatic heterocycles. The third-order valence-corrected chi connectivity index (χ3v) is 6.42. The second-order valence-corrected chi connectivity index (χ2v) is 7.96. The molecule has 0 aromatic carbocycles. The van der Waals surface area contributed by atoms with Gasteiger partial charge in [0, 0.05) is 22.7 Å². The Hall–Kier alpha value is -0.770. The van der Waals surface area contributed by atoms with Crippen molar-refractivity contribution in [3.05, 3.63) is 16.6 Å². The molecule has 8 heteroatoms. The molecule has 2 aromatic rings. The smallest absolute Gasteiger partial charge is 0.318 e. The second-order valence-electron chi connectivity index (χ2n) is 5.60. The number of methoxy groups -OCH3 is 1. The number of aromatic nitrogens is 3. The van der Waals surface area contributed by atoms with Crippen LogP contribution >= 0.6 is 38.5 Å². The van der Waals surface area contributed by atoms with E-state index in [0.717, 1.165) is 13.0 Å². The summed E-state index contributed by atoms with van der Waals surface area (Å²) in [6, 6.07) is 0.471. The zero-order valence-corrected chi connectivity index (χ0v) is 16.6. The lowest BCUT2D eigenvalue weighted by atomic mass is 10.1. The fourth-order valence-electron chi connectivity index (χ4n) is 2.87. The Morgan fingerprint density at radius 3 is 2.91 bits per heavy atom. The number of alkyl halides is 1. The molecule has 124 valence electrons. The minimum absolute atomic E-state index is 0.146. The predicted molar refractivity (Wildman–Crippen MR) is 100 cm³/mol. The summed E-state index contributed by atoms with van der Waals surface area (Å²) >= 11 is 5.60. The number of pyridine rings is 1. The summed E-state index contributed by atoms with van der Waals surface area (Å²) < 4.78 is 20.3. The Bertz CT molecular complexity index is 732. The predicted octanol–water partition coefficient (Wildman–Crippen LogP) is 4.12. The van der Waals surface area contributed by atoms with Crippen molar-refractivity contribution in [2.75, 3.05) is 18.6 Å². The van der Waals surface area contributed by atoms with Gasteiger partial charge in [0.1, 0.15) is 15.9 Å². The highest BCUT2D eigenvalue weighted by molar-refractivity contribution is 14.1. The molecule has 1 aliphatic heterocycles. The van der Waals surface area contributed by atoms with Crippen LogP contribution in [0.5, 0.6) is 6.01 Å². The Labute approximate surface area is 156 Å². The Kier molecular flexibility index (Phi) is 5.19. The lowest BCUT2D eigenvalue weighted by molar-refractivity contribution is 0.381. The summed E-state index contributed by atoms with van der Waals surface area (Å²) in [6.45, 7) is 3.07. The minimum Gasteiger partial charge on any atom is -0.467 e. The molecular weight excluding hydrogens is 478 g/mol. The molecule has 0 saturated carbocycles. The number of ether oxygens (including phenoxy) is 1. The zero-order chi connectivity index (χ0) is 16.6. The lowest BCUT2D eigenvalue weighted by Gasteiger charge is -2.31. The van der Waals surface area contributed by atoms with Gasteiger partial charge < -0.3 is 9.64 Å². The van der Waals surface area contributed by atoms with Gasteiger partial charge in [0.2, 0.25) is 0 Å². The number of halogens is 3. The lowest BCUT2D eigenvalue weighted by Crippen LogP contribution is -2.38. The van der Waals surface area contributed by atoms with Crippen molar-refractivity contribution < 1.29 is 9.13 Å². The highest BCUT2D eigenvalue weighted by Gasteiger charge is 2.28. The van der Waals surface area contributed by atoms with Crippen LogP contribution in [0.3, 0.4) is 0 Å². The maximum Gasteiger partial charge on any atom is 0.318 e. The molecule has 0 radical (unpaired) electrons. The first-order valence-corrected chi connectivity index (χ1v) is 9.53. The Morgan fingerprint density at radius 1 is 1.39 bits per heavy atom. The van der Waals surface area contributed by atoms with Gasteiger partial charge in [-0.2, -0.15) is 9.97 Å². The van der Waals surface area contributed by atoms with Crippen LogP contribution in [0.4, 0.5) is 10.2 Å². The fraction of sp³-hybridized carbons (Fsp3) is 0.533. The van der Waals surface area contributed by atoms with Gasteiger partial charge in [-0.3, -0.25) is 0 Å². The van der Waals surface area contributed by atoms with Crippen LogP contribution in [0, 0.1) is 5.82 Å². The van der Waals surface area contributed by atoms with Gasteiger partial charge in [0.25, 0.3) is 0 Å². The number of hydrogen-bond donors (Lipinski definition) is 0. The van der Waals surface area contributed by atoms with Gasteiger partial charge in [-0.25, -0.2) is 9.37 Å². The molecule has 1 aliphatic rings. The molecule has 1 fully saturated rings. The highest BCUT2D eigenvalue weighted by atomic mass is 127. The van der Waals surface area contributed by atoms with Crippen molar-refractivity contribution in [2.24, 2.45) is 0 Å². The van der Waals surface area contributed by atoms with E-state index in [-0.39, 0.29) is 16.1 Å². The van der Waals surface area contributed by atoms with E-state index in [1.807, 2.05) is 0 Å². The van der Waals surface area contributed by atoms with E-state index in [1.165, 1.54) is 20.0 Å². The average molecular weight is 495 g/mol. The molecule has 0 bridgehead atoms. The van der Waals surface area contributed by atoms with E-state index < -0.39 is 5.82 Å². The average Bonchev–Trinajstić information content (AvgIpc) is 2.72. The second kappa shape index (κ2) is 7.00. The SMILES string of the molecule is COc1nc(N2CCCC[C@@H](I)C2C)c2cnc(Br)c(F)c2n1. The van der Waals surface area contributed by atoms with Crippen LogP contribution in [0.1, 0.15) is 26.2 Å². The zero-order valence-electron chi connectivity index (χ0n) is 12.9. The third kappa shape index (κ3) is 3.24. The molecule has 0 N–H and O–H groups in total. The van der Waals surface area contributed by atoms with Crippen LogP contribution in [0.25, 0.3) is 10.9 Å². The van der Waals surface area contributed by atoms with Crippen molar-refractivity contribution >= 4 is 55.2 Å². The first-order valence-electron chi connectivity index (χ1n) is 7.49. The Morgan fingerprint density at radius 2 is 2.17 bits per heavy atom. The molecule has 0 amide bonds. The van der Waals surface area contributed by atoms with Crippen LogP contribution in [0.15, 0.2) is 10.8 Å². The summed E-state index contributed by atoms with van der Waals surface area (Å²) in [5.41, 5.74) is 0.232. The van der Waals surface area contributed by atoms with Crippen LogP contribution < -0.4 is 9.64 Å². The molecule has 5 nitrogen and oxygen atoms in total. The molecule has 3 rings (SSSR count). The maximum atomic E-state index is 14.4. The third-order valence-electron chi connectivity index (χ3n) is 4.20. The van der Waals surface area contributed by atoms with Crippen LogP contribution in [0.2, 0.25) is 0 Å². The van der Waals surface area contributed by atoms with Gasteiger partial charge in [-0.05, 0) is 35.7 Å². The molecule has 0 aliphatic carbocycles. The minimum atomic E-state index is -0.488. The molecule has 1 saturated heterocycles. The topological polar surface area (TPSA) is 51.1 Å². The number of nitrogens with zero attached hydrogens (tertiary/aromatic N) is 4. The quantitative estimate of drug-likeness (QED) is 0.357. The van der Waals surface area contributed by atoms with Crippen molar-refractivity contribution in [3.63, 3.8) is 0 Å². The number of anilines is 1. The highest BCUT2D eigenvalue weighted by Crippen LogP contribution is 2.34. The van der Waals surface area contributed by atoms with Crippen LogP contribution in [-0.2, 0) is 0 Å². The summed E-state index contributed by atoms with van der Waals surface area (Å²) in [4.78, 5) is 15.0. The van der Waals surface area contributed by atoms with E-state index in [4.69, 9.17) is 4.74 Å². The van der Waals surface area contributed by atoms with Gasteiger partial charge in [0.15, 0.2) is 5.82 Å². The molecule has 23 heavy (non-hydrogen) atoms. The fourth-order valence-corrected chi connectivity index (χ4v) is 3.99. The van der Waals surface area contributed by atoms with Gasteiger partial charge in [0.05, 0.1) is 12.5 Å². The number of hydrogen-bond acceptors (Lipinski definition) is 5. The van der Waals surface area contributed by atoms with Gasteiger partial charge in [-0.1, -0.05) is 29.0 Å². The molecule has 0 spiro atoms. The van der Waals surface area contributed by atoms with E-state index in [9.17, 15) is 4.39 Å². The standard InChI is InChI=1S/C15H17BrFIN4O/c1-8-10(18)5-3-4-6-22(8)14-9-7-19-13(16)11(17)12(9)20-15(21-14)23-2/h7-8,10H,3-6H2,1-2H3/t8?,10-/m1/s1. The maximum absolute atomic E-state index is 14.4. The molecule has 3 heterocycles. The summed E-state index contributed by atoms with van der Waals surface area (Å²) in [5, 5.41) is 0.615. The first-order chi connectivity index (χ1) is 11.0. The van der Waals surface area contributed by atoms with Crippen molar-refractivity contribution in [2.45, 2.75) is 36.2 Å². The number of fused-ring (bicyclic) bond motifs is 1. The van der Waals surface area contributed by atoms with E-state index in [2.05, 4.69) is 65.3 Å². The van der Waals surface area contributed by atoms with E-state index in [0.29, 0.717) is 21.2 Å². The van der Waals surface area contributed by atoms with Crippen molar-refractivity contribution in [1.82, 2.24) is 15.0 Å². The molecular formula is C15H17BrFIN4O. The molecule has 2 atom stereocenters.